The minimum atomic E-state index is 0. The molecule has 0 spiro atoms. The smallest absolute Gasteiger partial charge is 1.00 e. The van der Waals surface area contributed by atoms with E-state index in [2.05, 4.69) is 40.7 Å². The molecule has 2 N–H and O–H groups in total. The molecule has 1 rings (SSSR count). The van der Waals surface area contributed by atoms with Gasteiger partial charge in [0.1, 0.15) is 0 Å². The molecule has 0 fully saturated rings. The van der Waals surface area contributed by atoms with Crippen LogP contribution in [0.25, 0.3) is 0 Å². The summed E-state index contributed by atoms with van der Waals surface area (Å²) >= 11 is 0. The van der Waals surface area contributed by atoms with Crippen molar-refractivity contribution >= 4 is 0 Å². The molecule has 0 heterocycles. The van der Waals surface area contributed by atoms with Gasteiger partial charge in [0.25, 0.3) is 0 Å². The Morgan fingerprint density at radius 3 is 1.31 bits per heavy atom. The van der Waals surface area contributed by atoms with Gasteiger partial charge in [0.2, 0.25) is 0 Å². The Labute approximate surface area is 121 Å². The molecule has 0 radical (unpaired) electrons. The van der Waals surface area contributed by atoms with E-state index in [0.29, 0.717) is 0 Å². The normalized spacial score (nSPS) is 15.4. The summed E-state index contributed by atoms with van der Waals surface area (Å²) in [6.45, 7) is 10.9. The minimum absolute atomic E-state index is 0. The number of hydrogen-bond donors (Lipinski definition) is 2. The average Bonchev–Trinajstić information content (AvgIpc) is 2.36. The van der Waals surface area contributed by atoms with E-state index in [1.165, 1.54) is 16.7 Å². The quantitative estimate of drug-likeness (QED) is 0.457. The van der Waals surface area contributed by atoms with Crippen molar-refractivity contribution in [3.8, 4) is 0 Å². The Bertz CT molecular complexity index is 233. The van der Waals surface area contributed by atoms with E-state index in [-0.39, 0.29) is 39.5 Å². The summed E-state index contributed by atoms with van der Waals surface area (Å²) in [5.74, 6) is 0. The van der Waals surface area contributed by atoms with Gasteiger partial charge in [-0.3, -0.25) is 6.08 Å². The van der Waals surface area contributed by atoms with Crippen molar-refractivity contribution < 1.29 is 44.3 Å². The molecule has 4 heteroatoms. The first-order chi connectivity index (χ1) is 6.45. The summed E-state index contributed by atoms with van der Waals surface area (Å²) in [6.07, 6.45) is 3.44. The largest absolute Gasteiger partial charge is 2.00 e. The van der Waals surface area contributed by atoms with E-state index in [4.69, 9.17) is 10.2 Å². The van der Waals surface area contributed by atoms with Gasteiger partial charge < -0.3 is 22.6 Å². The van der Waals surface area contributed by atoms with Gasteiger partial charge in [0.05, 0.1) is 0 Å². The summed E-state index contributed by atoms with van der Waals surface area (Å²) in [5.41, 5.74) is 4.39. The van der Waals surface area contributed by atoms with E-state index in [9.17, 15) is 0 Å². The summed E-state index contributed by atoms with van der Waals surface area (Å²) < 4.78 is 0. The number of aliphatic hydroxyl groups excluding tert-OH is 2. The van der Waals surface area contributed by atoms with Crippen molar-refractivity contribution in [3.05, 3.63) is 22.8 Å². The number of allylic oxidation sites excluding steroid dienone is 4. The third-order valence-electron chi connectivity index (χ3n) is 2.56. The molecule has 0 aromatic rings. The maximum atomic E-state index is 7.00. The van der Waals surface area contributed by atoms with Crippen LogP contribution in [0.15, 0.2) is 16.7 Å². The Hall–Kier alpha value is 0.404. The van der Waals surface area contributed by atoms with Crippen molar-refractivity contribution in [2.45, 2.75) is 34.6 Å². The molecule has 0 atom stereocenters. The van der Waals surface area contributed by atoms with Crippen LogP contribution < -0.4 is 12.4 Å². The Kier molecular flexibility index (Phi) is 18.8. The van der Waals surface area contributed by atoms with Gasteiger partial charge in [-0.25, -0.2) is 5.57 Å². The summed E-state index contributed by atoms with van der Waals surface area (Å²) in [5, 5.41) is 14.0. The molecule has 0 amide bonds. The van der Waals surface area contributed by atoms with Crippen molar-refractivity contribution in [2.75, 3.05) is 14.2 Å². The summed E-state index contributed by atoms with van der Waals surface area (Å²) in [6, 6.07) is 0. The molecule has 94 valence electrons. The van der Waals surface area contributed by atoms with Gasteiger partial charge in [0.15, 0.2) is 0 Å². The maximum Gasteiger partial charge on any atom is 2.00 e. The fraction of sp³-hybridized carbons (Fsp3) is 0.667. The molecule has 0 bridgehead atoms. The standard InChI is InChI=1S/C10H15.2CH4O.ClH.Ti/c1-7-6-10(4,5)9(3)8(7)2;2*1-2;;/h1-5H3;2*2H,1H3;1H;/q-1;;;;+2/p-1. The third kappa shape index (κ3) is 6.87. The Morgan fingerprint density at radius 2 is 1.25 bits per heavy atom. The molecule has 0 aromatic carbocycles. The minimum Gasteiger partial charge on any atom is -1.00 e. The van der Waals surface area contributed by atoms with Crippen LogP contribution in [-0.4, -0.2) is 24.4 Å². The van der Waals surface area contributed by atoms with Crippen LogP contribution in [0.1, 0.15) is 34.6 Å². The van der Waals surface area contributed by atoms with Crippen molar-refractivity contribution in [1.29, 1.82) is 0 Å². The molecular formula is C12H23ClO2Ti. The third-order valence-corrected chi connectivity index (χ3v) is 2.56. The Balaban J connectivity index is -0.000000109. The molecule has 0 aliphatic heterocycles. The molecule has 1 aliphatic rings. The average molecular weight is 283 g/mol. The monoisotopic (exact) mass is 282 g/mol. The summed E-state index contributed by atoms with van der Waals surface area (Å²) in [4.78, 5) is 0. The topological polar surface area (TPSA) is 40.5 Å². The fourth-order valence-corrected chi connectivity index (χ4v) is 1.41. The van der Waals surface area contributed by atoms with E-state index in [1.54, 1.807) is 0 Å². The van der Waals surface area contributed by atoms with Gasteiger partial charge in [-0.1, -0.05) is 33.1 Å². The number of aliphatic hydroxyl groups is 2. The zero-order valence-corrected chi connectivity index (χ0v) is 13.6. The molecule has 0 unspecified atom stereocenters. The second-order valence-electron chi connectivity index (χ2n) is 3.62. The summed E-state index contributed by atoms with van der Waals surface area (Å²) in [7, 11) is 2.00. The van der Waals surface area contributed by atoms with Crippen LogP contribution in [0.3, 0.4) is 0 Å². The van der Waals surface area contributed by atoms with Crippen molar-refractivity contribution in [3.63, 3.8) is 0 Å². The van der Waals surface area contributed by atoms with E-state index >= 15 is 0 Å². The molecule has 1 aliphatic carbocycles. The molecule has 0 saturated heterocycles. The van der Waals surface area contributed by atoms with Crippen LogP contribution in [0.4, 0.5) is 0 Å². The Morgan fingerprint density at radius 1 is 0.938 bits per heavy atom. The first kappa shape index (κ1) is 25.3. The zero-order valence-electron chi connectivity index (χ0n) is 11.3. The van der Waals surface area contributed by atoms with Gasteiger partial charge in [-0.2, -0.15) is 11.1 Å². The molecular weight excluding hydrogens is 259 g/mol. The molecule has 16 heavy (non-hydrogen) atoms. The van der Waals surface area contributed by atoms with Crippen LogP contribution in [0.5, 0.6) is 0 Å². The van der Waals surface area contributed by atoms with Crippen LogP contribution >= 0.6 is 0 Å². The number of halogens is 1. The van der Waals surface area contributed by atoms with E-state index in [1.807, 2.05) is 0 Å². The van der Waals surface area contributed by atoms with E-state index in [0.717, 1.165) is 14.2 Å². The second-order valence-corrected chi connectivity index (χ2v) is 3.62. The first-order valence-electron chi connectivity index (χ1n) is 4.64. The van der Waals surface area contributed by atoms with Crippen molar-refractivity contribution in [2.24, 2.45) is 5.41 Å². The second kappa shape index (κ2) is 11.9. The first-order valence-corrected chi connectivity index (χ1v) is 4.64. The van der Waals surface area contributed by atoms with Crippen LogP contribution in [0.2, 0.25) is 0 Å². The fourth-order valence-electron chi connectivity index (χ4n) is 1.41. The predicted molar refractivity (Wildman–Crippen MR) is 60.9 cm³/mol. The van der Waals surface area contributed by atoms with Crippen LogP contribution in [-0.2, 0) is 21.7 Å². The SMILES string of the molecule is CC1=[C-]C(C)(C)C(C)=C1C.CO.CO.[Cl-].[Ti+2]. The molecule has 0 aromatic heterocycles. The predicted octanol–water partition coefficient (Wildman–Crippen LogP) is -0.669. The van der Waals surface area contributed by atoms with Gasteiger partial charge >= 0.3 is 21.7 Å². The van der Waals surface area contributed by atoms with Crippen molar-refractivity contribution in [1.82, 2.24) is 0 Å². The molecule has 0 saturated carbocycles. The van der Waals surface area contributed by atoms with Gasteiger partial charge in [0, 0.05) is 14.2 Å². The maximum absolute atomic E-state index is 7.00. The zero-order chi connectivity index (χ0) is 11.9. The van der Waals surface area contributed by atoms with Gasteiger partial charge in [-0.05, 0) is 0 Å². The van der Waals surface area contributed by atoms with E-state index < -0.39 is 0 Å². The number of rotatable bonds is 0. The number of hydrogen-bond acceptors (Lipinski definition) is 2. The molecule has 2 nitrogen and oxygen atoms in total. The van der Waals surface area contributed by atoms with Gasteiger partial charge in [-0.15, -0.1) is 6.92 Å². The van der Waals surface area contributed by atoms with Crippen LogP contribution in [0, 0.1) is 11.5 Å².